The van der Waals surface area contributed by atoms with Gasteiger partial charge >= 0.3 is 0 Å². The molecule has 0 spiro atoms. The lowest BCUT2D eigenvalue weighted by Gasteiger charge is -2.38. The van der Waals surface area contributed by atoms with Crippen LogP contribution in [0.2, 0.25) is 0 Å². The van der Waals surface area contributed by atoms with Gasteiger partial charge in [0.05, 0.1) is 0 Å². The quantitative estimate of drug-likeness (QED) is 0.579. The number of piperidine rings is 2. The lowest BCUT2D eigenvalue weighted by atomic mass is 9.84. The molecule has 0 saturated carbocycles. The maximum absolute atomic E-state index is 5.88. The summed E-state index contributed by atoms with van der Waals surface area (Å²) in [5.41, 5.74) is 5.88. The Kier molecular flexibility index (Phi) is 3.16. The van der Waals surface area contributed by atoms with Gasteiger partial charge in [-0.25, -0.2) is 0 Å². The third-order valence-electron chi connectivity index (χ3n) is 2.75. The average molecular weight is 177 g/mol. The summed E-state index contributed by atoms with van der Waals surface area (Å²) < 4.78 is 0. The molecule has 2 saturated heterocycles. The Morgan fingerprint density at radius 3 is 2.18 bits per heavy atom. The fraction of sp³-hybridized carbons (Fsp3) is 1.00. The number of hydrogen-bond donors (Lipinski definition) is 2. The van der Waals surface area contributed by atoms with E-state index in [1.807, 2.05) is 0 Å². The molecular weight excluding hydrogens is 160 g/mol. The number of hydrogen-bond acceptors (Lipinski definition) is 2. The Morgan fingerprint density at radius 1 is 1.09 bits per heavy atom. The molecule has 2 unspecified atom stereocenters. The van der Waals surface area contributed by atoms with Crippen LogP contribution in [-0.4, -0.2) is 18.1 Å². The summed E-state index contributed by atoms with van der Waals surface area (Å²) in [4.78, 5) is 0. The fourth-order valence-corrected chi connectivity index (χ4v) is 2.31. The highest BCUT2D eigenvalue weighted by Gasteiger charge is 2.28. The van der Waals surface area contributed by atoms with Crippen molar-refractivity contribution in [3.05, 3.63) is 0 Å². The third kappa shape index (κ3) is 2.08. The van der Waals surface area contributed by atoms with Gasteiger partial charge in [-0.15, -0.1) is 12.4 Å². The minimum atomic E-state index is 0. The molecule has 3 heteroatoms. The number of nitrogens with one attached hydrogen (secondary N) is 1. The predicted molar refractivity (Wildman–Crippen MR) is 49.0 cm³/mol. The Balaban J connectivity index is 0.000000605. The second kappa shape index (κ2) is 3.74. The lowest BCUT2D eigenvalue weighted by Crippen LogP contribution is -2.52. The number of nitrogens with two attached hydrogens (primary N) is 1. The average Bonchev–Trinajstić information content (AvgIpc) is 1.85. The Labute approximate surface area is 74.3 Å². The molecule has 0 amide bonds. The van der Waals surface area contributed by atoms with Crippen molar-refractivity contribution in [2.75, 3.05) is 0 Å². The number of rotatable bonds is 0. The first-order valence-electron chi connectivity index (χ1n) is 4.36. The molecule has 0 aromatic carbocycles. The van der Waals surface area contributed by atoms with E-state index in [-0.39, 0.29) is 12.4 Å². The smallest absolute Gasteiger partial charge is 0.00844 e. The van der Waals surface area contributed by atoms with Crippen LogP contribution in [0, 0.1) is 0 Å². The topological polar surface area (TPSA) is 38.0 Å². The van der Waals surface area contributed by atoms with Crippen molar-refractivity contribution in [3.8, 4) is 0 Å². The highest BCUT2D eigenvalue weighted by Crippen LogP contribution is 2.24. The van der Waals surface area contributed by atoms with Crippen LogP contribution >= 0.6 is 12.4 Å². The molecule has 2 atom stereocenters. The highest BCUT2D eigenvalue weighted by molar-refractivity contribution is 5.85. The van der Waals surface area contributed by atoms with Crippen molar-refractivity contribution >= 4 is 12.4 Å². The maximum Gasteiger partial charge on any atom is 0.00844 e. The molecule has 2 fully saturated rings. The van der Waals surface area contributed by atoms with Crippen molar-refractivity contribution in [2.24, 2.45) is 5.73 Å². The van der Waals surface area contributed by atoms with Gasteiger partial charge in [-0.3, -0.25) is 0 Å². The molecule has 0 aromatic rings. The molecule has 2 aliphatic heterocycles. The highest BCUT2D eigenvalue weighted by atomic mass is 35.5. The number of fused-ring (bicyclic) bond motifs is 2. The number of halogens is 1. The van der Waals surface area contributed by atoms with Crippen molar-refractivity contribution < 1.29 is 0 Å². The summed E-state index contributed by atoms with van der Waals surface area (Å²) in [6, 6.07) is 1.99. The van der Waals surface area contributed by atoms with Crippen molar-refractivity contribution in [3.63, 3.8) is 0 Å². The van der Waals surface area contributed by atoms with Crippen LogP contribution in [-0.2, 0) is 0 Å². The molecule has 0 radical (unpaired) electrons. The van der Waals surface area contributed by atoms with Gasteiger partial charge in [-0.05, 0) is 25.7 Å². The van der Waals surface area contributed by atoms with Crippen LogP contribution in [0.1, 0.15) is 32.1 Å². The first-order chi connectivity index (χ1) is 4.84. The van der Waals surface area contributed by atoms with Crippen LogP contribution in [0.3, 0.4) is 0 Å². The lowest BCUT2D eigenvalue weighted by molar-refractivity contribution is 0.222. The molecule has 11 heavy (non-hydrogen) atoms. The van der Waals surface area contributed by atoms with E-state index in [2.05, 4.69) is 5.32 Å². The van der Waals surface area contributed by atoms with E-state index in [1.165, 1.54) is 32.1 Å². The van der Waals surface area contributed by atoms with Gasteiger partial charge in [-0.1, -0.05) is 6.42 Å². The van der Waals surface area contributed by atoms with E-state index < -0.39 is 0 Å². The molecule has 66 valence electrons. The minimum absolute atomic E-state index is 0. The molecule has 2 aliphatic rings. The van der Waals surface area contributed by atoms with E-state index in [0.717, 1.165) is 12.1 Å². The molecule has 0 aliphatic carbocycles. The van der Waals surface area contributed by atoms with Crippen molar-refractivity contribution in [2.45, 2.75) is 50.2 Å². The zero-order valence-corrected chi connectivity index (χ0v) is 7.57. The van der Waals surface area contributed by atoms with Gasteiger partial charge < -0.3 is 11.1 Å². The van der Waals surface area contributed by atoms with Gasteiger partial charge in [-0.2, -0.15) is 0 Å². The van der Waals surface area contributed by atoms with Gasteiger partial charge in [0, 0.05) is 18.1 Å². The van der Waals surface area contributed by atoms with E-state index in [0.29, 0.717) is 6.04 Å². The minimum Gasteiger partial charge on any atom is -0.328 e. The SMILES string of the molecule is Cl.NC1CC2CCCC(C1)N2. The molecule has 3 N–H and O–H groups in total. The monoisotopic (exact) mass is 176 g/mol. The zero-order valence-electron chi connectivity index (χ0n) is 6.75. The van der Waals surface area contributed by atoms with Crippen LogP contribution in [0.25, 0.3) is 0 Å². The second-order valence-corrected chi connectivity index (χ2v) is 3.72. The van der Waals surface area contributed by atoms with E-state index in [1.54, 1.807) is 0 Å². The molecule has 0 aromatic heterocycles. The van der Waals surface area contributed by atoms with Crippen LogP contribution in [0.15, 0.2) is 0 Å². The van der Waals surface area contributed by atoms with Crippen LogP contribution < -0.4 is 11.1 Å². The largest absolute Gasteiger partial charge is 0.328 e. The third-order valence-corrected chi connectivity index (χ3v) is 2.75. The maximum atomic E-state index is 5.88. The van der Waals surface area contributed by atoms with E-state index in [4.69, 9.17) is 5.73 Å². The van der Waals surface area contributed by atoms with Gasteiger partial charge in [0.25, 0.3) is 0 Å². The summed E-state index contributed by atoms with van der Waals surface area (Å²) in [6.45, 7) is 0. The zero-order chi connectivity index (χ0) is 6.97. The van der Waals surface area contributed by atoms with Crippen LogP contribution in [0.5, 0.6) is 0 Å². The second-order valence-electron chi connectivity index (χ2n) is 3.72. The van der Waals surface area contributed by atoms with Crippen LogP contribution in [0.4, 0.5) is 0 Å². The van der Waals surface area contributed by atoms with Crippen molar-refractivity contribution in [1.82, 2.24) is 5.32 Å². The molecule has 2 heterocycles. The van der Waals surface area contributed by atoms with Gasteiger partial charge in [0.1, 0.15) is 0 Å². The summed E-state index contributed by atoms with van der Waals surface area (Å²) in [6.07, 6.45) is 6.52. The first-order valence-corrected chi connectivity index (χ1v) is 4.36. The van der Waals surface area contributed by atoms with Gasteiger partial charge in [0.2, 0.25) is 0 Å². The Morgan fingerprint density at radius 2 is 1.64 bits per heavy atom. The van der Waals surface area contributed by atoms with E-state index >= 15 is 0 Å². The first kappa shape index (κ1) is 9.30. The summed E-state index contributed by atoms with van der Waals surface area (Å²) >= 11 is 0. The standard InChI is InChI=1S/C8H16N2.ClH/c9-6-4-7-2-1-3-8(5-6)10-7;/h6-8,10H,1-5,9H2;1H. The molecular formula is C8H17ClN2. The summed E-state index contributed by atoms with van der Waals surface area (Å²) in [5.74, 6) is 0. The Hall–Kier alpha value is 0.210. The van der Waals surface area contributed by atoms with E-state index in [9.17, 15) is 0 Å². The fourth-order valence-electron chi connectivity index (χ4n) is 2.31. The predicted octanol–water partition coefficient (Wildman–Crippen LogP) is 1.04. The molecule has 2 rings (SSSR count). The summed E-state index contributed by atoms with van der Waals surface area (Å²) in [7, 11) is 0. The van der Waals surface area contributed by atoms with Gasteiger partial charge in [0.15, 0.2) is 0 Å². The molecule has 2 nitrogen and oxygen atoms in total. The molecule has 2 bridgehead atoms. The normalized spacial score (nSPS) is 42.8. The Bertz CT molecular complexity index is 113. The van der Waals surface area contributed by atoms with Crippen molar-refractivity contribution in [1.29, 1.82) is 0 Å². The summed E-state index contributed by atoms with van der Waals surface area (Å²) in [5, 5.41) is 3.60.